The number of rotatable bonds is 5. The van der Waals surface area contributed by atoms with E-state index < -0.39 is 17.7 Å². The van der Waals surface area contributed by atoms with Gasteiger partial charge in [0.15, 0.2) is 16.5 Å². The highest BCUT2D eigenvalue weighted by Gasteiger charge is 2.35. The molecule has 156 valence electrons. The molecule has 0 bridgehead atoms. The number of alkyl halides is 3. The minimum absolute atomic E-state index is 0.129. The Hall–Kier alpha value is -2.99. The molecule has 13 heteroatoms. The van der Waals surface area contributed by atoms with Crippen LogP contribution in [0.25, 0.3) is 10.7 Å². The molecule has 3 heterocycles. The van der Waals surface area contributed by atoms with E-state index in [2.05, 4.69) is 25.7 Å². The Kier molecular flexibility index (Phi) is 5.20. The Balaban J connectivity index is 1.49. The summed E-state index contributed by atoms with van der Waals surface area (Å²) in [4.78, 5) is 0. The van der Waals surface area contributed by atoms with Gasteiger partial charge >= 0.3 is 6.18 Å². The van der Waals surface area contributed by atoms with E-state index in [0.29, 0.717) is 21.5 Å². The number of hydrogen-bond acceptors (Lipinski definition) is 6. The van der Waals surface area contributed by atoms with Crippen LogP contribution >= 0.6 is 22.9 Å². The van der Waals surface area contributed by atoms with Gasteiger partial charge in [-0.2, -0.15) is 23.4 Å². The predicted octanol–water partition coefficient (Wildman–Crippen LogP) is 4.74. The number of anilines is 2. The molecule has 4 rings (SSSR count). The lowest BCUT2D eigenvalue weighted by Gasteiger charge is -2.05. The van der Waals surface area contributed by atoms with E-state index in [4.69, 9.17) is 11.6 Å². The average molecular weight is 458 g/mol. The SMILES string of the molecule is Cn1nc(C(F)(F)F)cc1-c1nnc(Nc2ccn(Cc3c(F)cccc3Cl)n2)s1. The molecule has 7 nitrogen and oxygen atoms in total. The monoisotopic (exact) mass is 457 g/mol. The predicted molar refractivity (Wildman–Crippen MR) is 103 cm³/mol. The van der Waals surface area contributed by atoms with Gasteiger partial charge in [-0.25, -0.2) is 4.39 Å². The first-order chi connectivity index (χ1) is 14.2. The summed E-state index contributed by atoms with van der Waals surface area (Å²) in [6.45, 7) is 0.129. The highest BCUT2D eigenvalue weighted by Crippen LogP contribution is 2.33. The molecule has 0 amide bonds. The topological polar surface area (TPSA) is 73.5 Å². The lowest BCUT2D eigenvalue weighted by molar-refractivity contribution is -0.141. The normalized spacial score (nSPS) is 11.8. The smallest absolute Gasteiger partial charge is 0.313 e. The summed E-state index contributed by atoms with van der Waals surface area (Å²) >= 11 is 7.07. The highest BCUT2D eigenvalue weighted by atomic mass is 35.5. The molecule has 0 spiro atoms. The number of hydrogen-bond donors (Lipinski definition) is 1. The van der Waals surface area contributed by atoms with E-state index in [1.807, 2.05) is 0 Å². The number of nitrogens with zero attached hydrogens (tertiary/aromatic N) is 6. The second-order valence-electron chi connectivity index (χ2n) is 6.17. The zero-order valence-corrected chi connectivity index (χ0v) is 16.7. The molecular formula is C17H12ClF4N7S. The van der Waals surface area contributed by atoms with Crippen LogP contribution in [-0.4, -0.2) is 29.8 Å². The molecule has 0 aliphatic heterocycles. The summed E-state index contributed by atoms with van der Waals surface area (Å²) in [6, 6.07) is 6.98. The maximum atomic E-state index is 13.9. The van der Waals surface area contributed by atoms with Gasteiger partial charge in [-0.05, 0) is 18.2 Å². The second kappa shape index (κ2) is 7.69. The fourth-order valence-corrected chi connectivity index (χ4v) is 3.67. The van der Waals surface area contributed by atoms with Crippen molar-refractivity contribution < 1.29 is 17.6 Å². The molecular weight excluding hydrogens is 446 g/mol. The van der Waals surface area contributed by atoms with Crippen molar-refractivity contribution in [1.82, 2.24) is 29.8 Å². The number of aromatic nitrogens is 6. The van der Waals surface area contributed by atoms with Crippen LogP contribution in [0.4, 0.5) is 28.5 Å². The zero-order chi connectivity index (χ0) is 21.5. The average Bonchev–Trinajstić information content (AvgIpc) is 3.38. The van der Waals surface area contributed by atoms with Crippen molar-refractivity contribution in [3.63, 3.8) is 0 Å². The van der Waals surface area contributed by atoms with Crippen molar-refractivity contribution in [2.24, 2.45) is 7.05 Å². The van der Waals surface area contributed by atoms with E-state index in [1.54, 1.807) is 18.3 Å². The summed E-state index contributed by atoms with van der Waals surface area (Å²) in [7, 11) is 1.40. The number of benzene rings is 1. The first kappa shape index (κ1) is 20.3. The van der Waals surface area contributed by atoms with Crippen LogP contribution in [-0.2, 0) is 19.8 Å². The summed E-state index contributed by atoms with van der Waals surface area (Å²) in [5.41, 5.74) is -0.508. The van der Waals surface area contributed by atoms with Gasteiger partial charge in [-0.3, -0.25) is 9.36 Å². The minimum Gasteiger partial charge on any atom is -0.313 e. The highest BCUT2D eigenvalue weighted by molar-refractivity contribution is 7.18. The fourth-order valence-electron chi connectivity index (χ4n) is 2.65. The molecule has 0 saturated carbocycles. The Morgan fingerprint density at radius 3 is 2.67 bits per heavy atom. The number of halogens is 5. The first-order valence-electron chi connectivity index (χ1n) is 8.39. The lowest BCUT2D eigenvalue weighted by Crippen LogP contribution is -2.06. The fraction of sp³-hybridized carbons (Fsp3) is 0.176. The molecule has 0 saturated heterocycles. The van der Waals surface area contributed by atoms with Crippen LogP contribution in [0.3, 0.4) is 0 Å². The van der Waals surface area contributed by atoms with Crippen LogP contribution in [0, 0.1) is 5.82 Å². The van der Waals surface area contributed by atoms with Gasteiger partial charge in [0.25, 0.3) is 0 Å². The molecule has 0 unspecified atom stereocenters. The van der Waals surface area contributed by atoms with Gasteiger partial charge in [-0.15, -0.1) is 10.2 Å². The Morgan fingerprint density at radius 2 is 1.97 bits per heavy atom. The van der Waals surface area contributed by atoms with Gasteiger partial charge in [0, 0.05) is 29.9 Å². The van der Waals surface area contributed by atoms with Gasteiger partial charge in [0.05, 0.1) is 12.2 Å². The van der Waals surface area contributed by atoms with Crippen molar-refractivity contribution in [3.05, 3.63) is 58.6 Å². The van der Waals surface area contributed by atoms with E-state index in [9.17, 15) is 17.6 Å². The van der Waals surface area contributed by atoms with Gasteiger partial charge in [-0.1, -0.05) is 29.0 Å². The quantitative estimate of drug-likeness (QED) is 0.438. The van der Waals surface area contributed by atoms with E-state index >= 15 is 0 Å². The van der Waals surface area contributed by atoms with Crippen LogP contribution in [0.5, 0.6) is 0 Å². The van der Waals surface area contributed by atoms with Crippen LogP contribution in [0.15, 0.2) is 36.5 Å². The standard InChI is InChI=1S/C17H12ClF4N7S/c1-28-12(7-13(26-28)17(20,21)22)15-24-25-16(30-15)23-14-5-6-29(27-14)8-9-10(18)3-2-4-11(9)19/h2-7H,8H2,1H3,(H,23,25,27). The van der Waals surface area contributed by atoms with E-state index in [0.717, 1.165) is 22.1 Å². The molecule has 1 N–H and O–H groups in total. The third kappa shape index (κ3) is 4.14. The van der Waals surface area contributed by atoms with Gasteiger partial charge in [0.1, 0.15) is 5.82 Å². The lowest BCUT2D eigenvalue weighted by atomic mass is 10.2. The molecule has 0 fully saturated rings. The van der Waals surface area contributed by atoms with Crippen molar-refractivity contribution in [2.45, 2.75) is 12.7 Å². The van der Waals surface area contributed by atoms with Crippen LogP contribution in [0.1, 0.15) is 11.3 Å². The van der Waals surface area contributed by atoms with Crippen molar-refractivity contribution in [3.8, 4) is 10.7 Å². The zero-order valence-electron chi connectivity index (χ0n) is 15.2. The molecule has 3 aromatic heterocycles. The minimum atomic E-state index is -4.55. The van der Waals surface area contributed by atoms with E-state index in [1.165, 1.54) is 23.9 Å². The third-order valence-electron chi connectivity index (χ3n) is 4.07. The number of nitrogens with one attached hydrogen (secondary N) is 1. The second-order valence-corrected chi connectivity index (χ2v) is 7.56. The Morgan fingerprint density at radius 1 is 1.17 bits per heavy atom. The molecule has 0 aliphatic rings. The van der Waals surface area contributed by atoms with E-state index in [-0.39, 0.29) is 17.2 Å². The number of aryl methyl sites for hydroxylation is 1. The molecule has 0 atom stereocenters. The maximum absolute atomic E-state index is 13.9. The molecule has 0 aliphatic carbocycles. The van der Waals surface area contributed by atoms with Crippen molar-refractivity contribution in [2.75, 3.05) is 5.32 Å². The summed E-state index contributed by atoms with van der Waals surface area (Å²) < 4.78 is 55.0. The summed E-state index contributed by atoms with van der Waals surface area (Å²) in [5, 5.41) is 19.4. The molecule has 0 radical (unpaired) electrons. The molecule has 30 heavy (non-hydrogen) atoms. The Bertz CT molecular complexity index is 1180. The van der Waals surface area contributed by atoms with Crippen LogP contribution < -0.4 is 5.32 Å². The van der Waals surface area contributed by atoms with Gasteiger partial charge in [0.2, 0.25) is 5.13 Å². The largest absolute Gasteiger partial charge is 0.435 e. The first-order valence-corrected chi connectivity index (χ1v) is 9.58. The molecule has 4 aromatic rings. The summed E-state index contributed by atoms with van der Waals surface area (Å²) in [5.74, 6) is -0.0261. The van der Waals surface area contributed by atoms with Crippen LogP contribution in [0.2, 0.25) is 5.02 Å². The molecule has 1 aromatic carbocycles. The Labute approximate surface area is 175 Å². The summed E-state index contributed by atoms with van der Waals surface area (Å²) in [6.07, 6.45) is -2.92. The van der Waals surface area contributed by atoms with Crippen molar-refractivity contribution >= 4 is 33.9 Å². The van der Waals surface area contributed by atoms with Gasteiger partial charge < -0.3 is 5.32 Å². The third-order valence-corrected chi connectivity index (χ3v) is 5.29. The van der Waals surface area contributed by atoms with Crippen molar-refractivity contribution in [1.29, 1.82) is 0 Å². The maximum Gasteiger partial charge on any atom is 0.435 e.